The van der Waals surface area contributed by atoms with Gasteiger partial charge in [0.15, 0.2) is 0 Å². The highest BCUT2D eigenvalue weighted by Crippen LogP contribution is 2.53. The average Bonchev–Trinajstić information content (AvgIpc) is 3.41. The van der Waals surface area contributed by atoms with Crippen LogP contribution in [0.3, 0.4) is 0 Å². The second-order valence-corrected chi connectivity index (χ2v) is 6.56. The highest BCUT2D eigenvalue weighted by atomic mass is 16.6. The van der Waals surface area contributed by atoms with Crippen molar-refractivity contribution < 1.29 is 28.5 Å². The van der Waals surface area contributed by atoms with E-state index >= 15 is 0 Å². The van der Waals surface area contributed by atoms with Gasteiger partial charge in [-0.25, -0.2) is 0 Å². The number of rotatable bonds is 6. The lowest BCUT2D eigenvalue weighted by atomic mass is 9.79. The normalized spacial score (nSPS) is 42.7. The van der Waals surface area contributed by atoms with Crippen LogP contribution in [-0.4, -0.2) is 50.6 Å². The predicted octanol–water partition coefficient (Wildman–Crippen LogP) is 0.533. The lowest BCUT2D eigenvalue weighted by Gasteiger charge is -2.27. The van der Waals surface area contributed by atoms with Crippen molar-refractivity contribution in [2.24, 2.45) is 23.7 Å². The molecule has 0 aromatic carbocycles. The van der Waals surface area contributed by atoms with Gasteiger partial charge in [0.05, 0.1) is 25.0 Å². The number of carbonyl (C=O) groups is 2. The first-order valence-electron chi connectivity index (χ1n) is 7.79. The van der Waals surface area contributed by atoms with Gasteiger partial charge in [-0.2, -0.15) is 0 Å². The lowest BCUT2D eigenvalue weighted by molar-refractivity contribution is -0.164. The van der Waals surface area contributed by atoms with Crippen LogP contribution in [0.15, 0.2) is 0 Å². The molecule has 4 aliphatic rings. The molecule has 116 valence electrons. The van der Waals surface area contributed by atoms with E-state index in [9.17, 15) is 9.59 Å². The molecule has 6 unspecified atom stereocenters. The minimum absolute atomic E-state index is 0.0601. The van der Waals surface area contributed by atoms with Gasteiger partial charge < -0.3 is 18.9 Å². The fourth-order valence-corrected chi connectivity index (χ4v) is 3.84. The quantitative estimate of drug-likeness (QED) is 0.525. The van der Waals surface area contributed by atoms with E-state index < -0.39 is 0 Å². The van der Waals surface area contributed by atoms with Crippen molar-refractivity contribution in [2.45, 2.75) is 31.5 Å². The van der Waals surface area contributed by atoms with Gasteiger partial charge in [0, 0.05) is 0 Å². The maximum atomic E-state index is 12.3. The molecule has 2 aliphatic heterocycles. The van der Waals surface area contributed by atoms with Crippen LogP contribution in [0.2, 0.25) is 0 Å². The maximum absolute atomic E-state index is 12.3. The number of carbonyl (C=O) groups excluding carboxylic acids is 2. The lowest BCUT2D eigenvalue weighted by Crippen LogP contribution is -2.37. The monoisotopic (exact) mass is 296 g/mol. The van der Waals surface area contributed by atoms with E-state index in [2.05, 4.69) is 0 Å². The van der Waals surface area contributed by atoms with Crippen LogP contribution in [0.5, 0.6) is 0 Å². The van der Waals surface area contributed by atoms with Crippen molar-refractivity contribution in [1.29, 1.82) is 0 Å². The summed E-state index contributed by atoms with van der Waals surface area (Å²) >= 11 is 0. The Morgan fingerprint density at radius 2 is 1.29 bits per heavy atom. The van der Waals surface area contributed by atoms with Crippen LogP contribution in [-0.2, 0) is 28.5 Å². The molecule has 6 heteroatoms. The fourth-order valence-electron chi connectivity index (χ4n) is 3.84. The van der Waals surface area contributed by atoms with E-state index in [0.717, 1.165) is 19.3 Å². The molecule has 21 heavy (non-hydrogen) atoms. The zero-order valence-corrected chi connectivity index (χ0v) is 11.9. The van der Waals surface area contributed by atoms with Crippen molar-refractivity contribution >= 4 is 11.9 Å². The summed E-state index contributed by atoms with van der Waals surface area (Å²) in [6.07, 6.45) is 3.09. The first kappa shape index (κ1) is 13.5. The Morgan fingerprint density at radius 1 is 0.857 bits per heavy atom. The molecular weight excluding hydrogens is 276 g/mol. The minimum Gasteiger partial charge on any atom is -0.463 e. The molecular formula is C15H20O6. The van der Waals surface area contributed by atoms with Gasteiger partial charge in [0.25, 0.3) is 0 Å². The number of ether oxygens (including phenoxy) is 4. The molecule has 6 nitrogen and oxygen atoms in total. The number of hydrogen-bond acceptors (Lipinski definition) is 6. The Morgan fingerprint density at radius 3 is 1.67 bits per heavy atom. The van der Waals surface area contributed by atoms with Crippen LogP contribution in [0.1, 0.15) is 19.3 Å². The molecule has 0 amide bonds. The zero-order valence-electron chi connectivity index (χ0n) is 11.9. The molecule has 0 aromatic heterocycles. The van der Waals surface area contributed by atoms with Gasteiger partial charge in [0.1, 0.15) is 25.4 Å². The van der Waals surface area contributed by atoms with Crippen LogP contribution in [0.25, 0.3) is 0 Å². The Balaban J connectivity index is 1.38. The van der Waals surface area contributed by atoms with E-state index in [1.807, 2.05) is 0 Å². The van der Waals surface area contributed by atoms with E-state index in [1.54, 1.807) is 0 Å². The second kappa shape index (κ2) is 5.25. The largest absolute Gasteiger partial charge is 0.463 e. The summed E-state index contributed by atoms with van der Waals surface area (Å²) in [5.41, 5.74) is 0. The van der Waals surface area contributed by atoms with E-state index in [1.165, 1.54) is 0 Å². The summed E-state index contributed by atoms with van der Waals surface area (Å²) in [6, 6.07) is 0. The first-order valence-corrected chi connectivity index (χ1v) is 7.79. The third-order valence-corrected chi connectivity index (χ3v) is 5.09. The van der Waals surface area contributed by atoms with Crippen molar-refractivity contribution in [1.82, 2.24) is 0 Å². The van der Waals surface area contributed by atoms with Gasteiger partial charge in [-0.05, 0) is 31.1 Å². The smallest absolute Gasteiger partial charge is 0.310 e. The van der Waals surface area contributed by atoms with Crippen molar-refractivity contribution in [3.63, 3.8) is 0 Å². The number of esters is 2. The van der Waals surface area contributed by atoms with Crippen molar-refractivity contribution in [3.05, 3.63) is 0 Å². The average molecular weight is 296 g/mol. The van der Waals surface area contributed by atoms with Gasteiger partial charge in [0.2, 0.25) is 0 Å². The molecule has 0 aromatic rings. The molecule has 2 heterocycles. The van der Waals surface area contributed by atoms with Gasteiger partial charge >= 0.3 is 11.9 Å². The molecule has 2 saturated carbocycles. The fraction of sp³-hybridized carbons (Fsp3) is 0.867. The van der Waals surface area contributed by atoms with Gasteiger partial charge in [-0.15, -0.1) is 0 Å². The van der Waals surface area contributed by atoms with Crippen molar-refractivity contribution in [3.8, 4) is 0 Å². The summed E-state index contributed by atoms with van der Waals surface area (Å²) in [6.45, 7) is 1.95. The molecule has 6 atom stereocenters. The Kier molecular flexibility index (Phi) is 3.38. The predicted molar refractivity (Wildman–Crippen MR) is 69.2 cm³/mol. The number of epoxide rings is 2. The van der Waals surface area contributed by atoms with Crippen LogP contribution >= 0.6 is 0 Å². The van der Waals surface area contributed by atoms with Gasteiger partial charge in [-0.1, -0.05) is 0 Å². The SMILES string of the molecule is O=C(OCC1CO1)C1C2CCC(C2)C1C(=O)OCC1CO1. The zero-order chi connectivity index (χ0) is 14.4. The molecule has 0 spiro atoms. The van der Waals surface area contributed by atoms with E-state index in [4.69, 9.17) is 18.9 Å². The standard InChI is InChI=1S/C15H20O6/c16-14(20-6-10-4-18-10)12-8-1-2-9(3-8)13(12)15(17)21-7-11-5-19-11/h8-13H,1-7H2. The van der Waals surface area contributed by atoms with E-state index in [-0.39, 0.29) is 47.8 Å². The first-order chi connectivity index (χ1) is 10.2. The summed E-state index contributed by atoms with van der Waals surface area (Å²) in [5.74, 6) is -0.593. The number of fused-ring (bicyclic) bond motifs is 2. The number of hydrogen-bond donors (Lipinski definition) is 0. The Labute approximate surface area is 123 Å². The molecule has 2 saturated heterocycles. The van der Waals surface area contributed by atoms with Crippen LogP contribution in [0, 0.1) is 23.7 Å². The maximum Gasteiger partial charge on any atom is 0.310 e. The summed E-state index contributed by atoms with van der Waals surface area (Å²) < 4.78 is 20.7. The van der Waals surface area contributed by atoms with E-state index in [0.29, 0.717) is 26.4 Å². The summed E-state index contributed by atoms with van der Waals surface area (Å²) in [4.78, 5) is 24.6. The molecule has 2 aliphatic carbocycles. The Hall–Kier alpha value is -1.14. The van der Waals surface area contributed by atoms with Crippen LogP contribution < -0.4 is 0 Å². The van der Waals surface area contributed by atoms with Crippen molar-refractivity contribution in [2.75, 3.05) is 26.4 Å². The molecule has 4 rings (SSSR count). The summed E-state index contributed by atoms with van der Waals surface area (Å²) in [7, 11) is 0. The van der Waals surface area contributed by atoms with Gasteiger partial charge in [-0.3, -0.25) is 9.59 Å². The highest BCUT2D eigenvalue weighted by Gasteiger charge is 2.55. The molecule has 0 N–H and O–H groups in total. The highest BCUT2D eigenvalue weighted by molar-refractivity contribution is 5.83. The molecule has 4 fully saturated rings. The third-order valence-electron chi connectivity index (χ3n) is 5.09. The summed E-state index contributed by atoms with van der Waals surface area (Å²) in [5, 5.41) is 0. The Bertz CT molecular complexity index is 401. The van der Waals surface area contributed by atoms with Crippen LogP contribution in [0.4, 0.5) is 0 Å². The second-order valence-electron chi connectivity index (χ2n) is 6.56. The molecule has 0 radical (unpaired) electrons. The third kappa shape index (κ3) is 2.79. The topological polar surface area (TPSA) is 77.7 Å². The minimum atomic E-state index is -0.324. The molecule has 2 bridgehead atoms.